The molecule has 0 unspecified atom stereocenters. The zero-order valence-corrected chi connectivity index (χ0v) is 19.6. The van der Waals surface area contributed by atoms with Crippen LogP contribution in [0.1, 0.15) is 64.8 Å². The van der Waals surface area contributed by atoms with Crippen molar-refractivity contribution in [3.8, 4) is 22.3 Å². The molecule has 0 heterocycles. The molecular weight excluding hydrogens is 348 g/mol. The maximum atomic E-state index is 2.33. The van der Waals surface area contributed by atoms with Crippen molar-refractivity contribution in [2.45, 2.75) is 74.7 Å². The quantitative estimate of drug-likeness (QED) is 0.414. The van der Waals surface area contributed by atoms with Gasteiger partial charge in [0.2, 0.25) is 0 Å². The first-order valence-corrected chi connectivity index (χ1v) is 11.1. The van der Waals surface area contributed by atoms with E-state index >= 15 is 0 Å². The molecular formula is C29H36. The molecule has 0 nitrogen and oxygen atoms in total. The Morgan fingerprint density at radius 2 is 0.793 bits per heavy atom. The third-order valence-corrected chi connectivity index (χ3v) is 7.07. The fourth-order valence-electron chi connectivity index (χ4n) is 4.66. The third-order valence-electron chi connectivity index (χ3n) is 7.07. The molecule has 0 N–H and O–H groups in total. The molecule has 0 saturated carbocycles. The predicted molar refractivity (Wildman–Crippen MR) is 129 cm³/mol. The van der Waals surface area contributed by atoms with Crippen molar-refractivity contribution >= 4 is 0 Å². The lowest BCUT2D eigenvalue weighted by Gasteiger charge is -2.20. The monoisotopic (exact) mass is 384 g/mol. The standard InChI is InChI=1S/C29H36/c1-9-11-25-13-15-27(21(6)19(25)4)29-17-16-28(22(7)23(29)8)26-14-12-24(10-2)18(3)20(26)5/h12-17H,9-11H2,1-8H3. The average Bonchev–Trinajstić information content (AvgIpc) is 2.71. The van der Waals surface area contributed by atoms with E-state index in [2.05, 4.69) is 91.8 Å². The summed E-state index contributed by atoms with van der Waals surface area (Å²) in [6, 6.07) is 14.0. The van der Waals surface area contributed by atoms with E-state index in [1.54, 1.807) is 0 Å². The summed E-state index contributed by atoms with van der Waals surface area (Å²) >= 11 is 0. The highest BCUT2D eigenvalue weighted by Gasteiger charge is 2.15. The maximum absolute atomic E-state index is 2.33. The van der Waals surface area contributed by atoms with Gasteiger partial charge in [0.1, 0.15) is 0 Å². The minimum Gasteiger partial charge on any atom is -0.0651 e. The Hall–Kier alpha value is -2.34. The van der Waals surface area contributed by atoms with Crippen LogP contribution in [0, 0.1) is 41.5 Å². The van der Waals surface area contributed by atoms with Gasteiger partial charge in [-0.3, -0.25) is 0 Å². The van der Waals surface area contributed by atoms with E-state index in [1.165, 1.54) is 73.2 Å². The molecule has 0 bridgehead atoms. The predicted octanol–water partition coefficient (Wildman–Crippen LogP) is 8.39. The summed E-state index contributed by atoms with van der Waals surface area (Å²) in [5, 5.41) is 0. The van der Waals surface area contributed by atoms with Gasteiger partial charge in [-0.2, -0.15) is 0 Å². The Morgan fingerprint density at radius 1 is 0.448 bits per heavy atom. The Balaban J connectivity index is 2.13. The van der Waals surface area contributed by atoms with Crippen molar-refractivity contribution in [3.63, 3.8) is 0 Å². The smallest absolute Gasteiger partial charge is 0.0149 e. The first-order chi connectivity index (χ1) is 13.8. The van der Waals surface area contributed by atoms with Gasteiger partial charge >= 0.3 is 0 Å². The lowest BCUT2D eigenvalue weighted by atomic mass is 9.85. The minimum atomic E-state index is 1.09. The van der Waals surface area contributed by atoms with Crippen molar-refractivity contribution in [3.05, 3.63) is 80.9 Å². The van der Waals surface area contributed by atoms with E-state index < -0.39 is 0 Å². The fourth-order valence-corrected chi connectivity index (χ4v) is 4.66. The highest BCUT2D eigenvalue weighted by Crippen LogP contribution is 2.37. The minimum absolute atomic E-state index is 1.09. The van der Waals surface area contributed by atoms with Crippen LogP contribution in [-0.4, -0.2) is 0 Å². The van der Waals surface area contributed by atoms with E-state index in [9.17, 15) is 0 Å². The molecule has 0 aliphatic carbocycles. The van der Waals surface area contributed by atoms with E-state index in [0.717, 1.165) is 12.8 Å². The molecule has 29 heavy (non-hydrogen) atoms. The second-order valence-electron chi connectivity index (χ2n) is 8.56. The Kier molecular flexibility index (Phi) is 6.32. The summed E-state index contributed by atoms with van der Waals surface area (Å²) in [5.74, 6) is 0. The van der Waals surface area contributed by atoms with Gasteiger partial charge in [-0.15, -0.1) is 0 Å². The van der Waals surface area contributed by atoms with Gasteiger partial charge in [-0.05, 0) is 121 Å². The molecule has 0 heteroatoms. The molecule has 3 rings (SSSR count). The fraction of sp³-hybridized carbons (Fsp3) is 0.379. The zero-order chi connectivity index (χ0) is 21.3. The number of hydrogen-bond acceptors (Lipinski definition) is 0. The third kappa shape index (κ3) is 3.78. The van der Waals surface area contributed by atoms with Gasteiger partial charge < -0.3 is 0 Å². The summed E-state index contributed by atoms with van der Waals surface area (Å²) in [6.07, 6.45) is 3.45. The van der Waals surface area contributed by atoms with Gasteiger partial charge in [0.05, 0.1) is 0 Å². The summed E-state index contributed by atoms with van der Waals surface area (Å²) < 4.78 is 0. The van der Waals surface area contributed by atoms with Crippen molar-refractivity contribution in [2.24, 2.45) is 0 Å². The molecule has 152 valence electrons. The Morgan fingerprint density at radius 3 is 1.21 bits per heavy atom. The Labute approximate surface area is 178 Å². The SMILES string of the molecule is CCCc1ccc(-c2ccc(-c3ccc(CC)c(C)c3C)c(C)c2C)c(C)c1C. The normalized spacial score (nSPS) is 11.2. The molecule has 0 spiro atoms. The van der Waals surface area contributed by atoms with Crippen LogP contribution in [-0.2, 0) is 12.8 Å². The molecule has 0 aromatic heterocycles. The summed E-state index contributed by atoms with van der Waals surface area (Å²) in [5.41, 5.74) is 16.9. The lowest BCUT2D eigenvalue weighted by molar-refractivity contribution is 0.910. The van der Waals surface area contributed by atoms with E-state index in [0.29, 0.717) is 0 Å². The van der Waals surface area contributed by atoms with Crippen molar-refractivity contribution < 1.29 is 0 Å². The van der Waals surface area contributed by atoms with E-state index in [1.807, 2.05) is 0 Å². The molecule has 0 aliphatic heterocycles. The molecule has 3 aromatic rings. The maximum Gasteiger partial charge on any atom is -0.0149 e. The van der Waals surface area contributed by atoms with Gasteiger partial charge in [-0.25, -0.2) is 0 Å². The number of benzene rings is 3. The topological polar surface area (TPSA) is 0 Å². The summed E-state index contributed by atoms with van der Waals surface area (Å²) in [7, 11) is 0. The van der Waals surface area contributed by atoms with Gasteiger partial charge in [0, 0.05) is 0 Å². The summed E-state index contributed by atoms with van der Waals surface area (Å²) in [6.45, 7) is 18.2. The van der Waals surface area contributed by atoms with Crippen LogP contribution in [0.15, 0.2) is 36.4 Å². The van der Waals surface area contributed by atoms with Gasteiger partial charge in [0.15, 0.2) is 0 Å². The molecule has 0 radical (unpaired) electrons. The molecule has 0 amide bonds. The van der Waals surface area contributed by atoms with Crippen LogP contribution in [0.3, 0.4) is 0 Å². The van der Waals surface area contributed by atoms with Crippen LogP contribution < -0.4 is 0 Å². The number of rotatable bonds is 5. The van der Waals surface area contributed by atoms with Crippen molar-refractivity contribution in [2.75, 3.05) is 0 Å². The molecule has 0 aliphatic rings. The van der Waals surface area contributed by atoms with E-state index in [4.69, 9.17) is 0 Å². The second-order valence-corrected chi connectivity index (χ2v) is 8.56. The molecule has 0 saturated heterocycles. The lowest BCUT2D eigenvalue weighted by Crippen LogP contribution is -1.99. The van der Waals surface area contributed by atoms with Crippen LogP contribution in [0.5, 0.6) is 0 Å². The number of aryl methyl sites for hydroxylation is 2. The molecule has 0 fully saturated rings. The van der Waals surface area contributed by atoms with E-state index in [-0.39, 0.29) is 0 Å². The van der Waals surface area contributed by atoms with Gasteiger partial charge in [-0.1, -0.05) is 56.7 Å². The average molecular weight is 385 g/mol. The molecule has 0 atom stereocenters. The molecule has 3 aromatic carbocycles. The van der Waals surface area contributed by atoms with Crippen molar-refractivity contribution in [1.29, 1.82) is 0 Å². The first kappa shape index (κ1) is 21.4. The van der Waals surface area contributed by atoms with Crippen LogP contribution in [0.2, 0.25) is 0 Å². The summed E-state index contributed by atoms with van der Waals surface area (Å²) in [4.78, 5) is 0. The second kappa shape index (κ2) is 8.57. The highest BCUT2D eigenvalue weighted by atomic mass is 14.2. The first-order valence-electron chi connectivity index (χ1n) is 11.1. The van der Waals surface area contributed by atoms with Crippen LogP contribution >= 0.6 is 0 Å². The van der Waals surface area contributed by atoms with Crippen LogP contribution in [0.4, 0.5) is 0 Å². The van der Waals surface area contributed by atoms with Crippen LogP contribution in [0.25, 0.3) is 22.3 Å². The van der Waals surface area contributed by atoms with Crippen molar-refractivity contribution in [1.82, 2.24) is 0 Å². The zero-order valence-electron chi connectivity index (χ0n) is 19.6. The Bertz CT molecular complexity index is 1050. The largest absolute Gasteiger partial charge is 0.0651 e. The number of hydrogen-bond donors (Lipinski definition) is 0. The highest BCUT2D eigenvalue weighted by molar-refractivity contribution is 5.80. The van der Waals surface area contributed by atoms with Gasteiger partial charge in [0.25, 0.3) is 0 Å².